The highest BCUT2D eigenvalue weighted by Crippen LogP contribution is 2.60. The van der Waals surface area contributed by atoms with Crippen LogP contribution in [0.5, 0.6) is 0 Å². The van der Waals surface area contributed by atoms with Gasteiger partial charge < -0.3 is 5.11 Å². The van der Waals surface area contributed by atoms with Crippen LogP contribution in [0, 0.1) is 11.8 Å². The minimum Gasteiger partial charge on any atom is -0.392 e. The number of nitrogens with zero attached hydrogens (tertiary/aromatic N) is 1. The van der Waals surface area contributed by atoms with Crippen molar-refractivity contribution < 1.29 is 5.11 Å². The van der Waals surface area contributed by atoms with Gasteiger partial charge in [0.1, 0.15) is 0 Å². The second-order valence-corrected chi connectivity index (χ2v) is 10.1. The predicted molar refractivity (Wildman–Crippen MR) is 100 cm³/mol. The highest BCUT2D eigenvalue weighted by molar-refractivity contribution is 8.36. The molecule has 2 atom stereocenters. The summed E-state index contributed by atoms with van der Waals surface area (Å²) in [4.78, 5) is 0. The summed E-state index contributed by atoms with van der Waals surface area (Å²) >= 11 is 0. The Bertz CT molecular complexity index is 408. The summed E-state index contributed by atoms with van der Waals surface area (Å²) in [6.45, 7) is 10.9. The lowest BCUT2D eigenvalue weighted by molar-refractivity contribution is 0.147. The van der Waals surface area contributed by atoms with Crippen LogP contribution in [0.1, 0.15) is 59.8 Å². The molecule has 1 aliphatic carbocycles. The zero-order valence-corrected chi connectivity index (χ0v) is 15.7. The van der Waals surface area contributed by atoms with Crippen LogP contribution in [-0.2, 0) is 0 Å². The van der Waals surface area contributed by atoms with Crippen LogP contribution in [0.25, 0.3) is 0 Å². The van der Waals surface area contributed by atoms with Crippen LogP contribution >= 0.6 is 10.2 Å². The van der Waals surface area contributed by atoms with Crippen molar-refractivity contribution in [1.29, 1.82) is 0 Å². The van der Waals surface area contributed by atoms with Crippen molar-refractivity contribution in [2.75, 3.05) is 18.8 Å². The summed E-state index contributed by atoms with van der Waals surface area (Å²) in [6, 6.07) is 0. The summed E-state index contributed by atoms with van der Waals surface area (Å²) in [7, 11) is -1.10. The lowest BCUT2D eigenvalue weighted by Gasteiger charge is -2.44. The van der Waals surface area contributed by atoms with Crippen molar-refractivity contribution in [3.8, 4) is 0 Å². The van der Waals surface area contributed by atoms with E-state index in [-0.39, 0.29) is 6.10 Å². The van der Waals surface area contributed by atoms with Gasteiger partial charge in [0.15, 0.2) is 0 Å². The summed E-state index contributed by atoms with van der Waals surface area (Å²) in [5.74, 6) is 2.01. The molecule has 0 aromatic heterocycles. The summed E-state index contributed by atoms with van der Waals surface area (Å²) in [5.41, 5.74) is 1.57. The zero-order valence-electron chi connectivity index (χ0n) is 14.9. The molecule has 1 heterocycles. The van der Waals surface area contributed by atoms with E-state index in [1.165, 1.54) is 32.1 Å². The van der Waals surface area contributed by atoms with Crippen LogP contribution < -0.4 is 0 Å². The number of rotatable bonds is 7. The smallest absolute Gasteiger partial charge is 0.0656 e. The highest BCUT2D eigenvalue weighted by atomic mass is 32.3. The van der Waals surface area contributed by atoms with Gasteiger partial charge in [0.2, 0.25) is 0 Å². The van der Waals surface area contributed by atoms with E-state index in [2.05, 4.69) is 48.9 Å². The van der Waals surface area contributed by atoms with E-state index < -0.39 is 10.2 Å². The van der Waals surface area contributed by atoms with E-state index >= 15 is 0 Å². The molecule has 0 saturated heterocycles. The quantitative estimate of drug-likeness (QED) is 0.707. The SMILES string of the molecule is CCN(CC)S1(CC(O)C(C)C)C=CC(C2CCCCC2)=C1. The Labute approximate surface area is 139 Å². The third-order valence-electron chi connectivity index (χ3n) is 5.31. The van der Waals surface area contributed by atoms with Gasteiger partial charge in [-0.3, -0.25) is 4.31 Å². The van der Waals surface area contributed by atoms with Crippen LogP contribution in [0.15, 0.2) is 22.5 Å². The van der Waals surface area contributed by atoms with Gasteiger partial charge in [-0.1, -0.05) is 53.0 Å². The third kappa shape index (κ3) is 3.98. The van der Waals surface area contributed by atoms with E-state index in [0.29, 0.717) is 5.92 Å². The Morgan fingerprint density at radius 3 is 2.36 bits per heavy atom. The van der Waals surface area contributed by atoms with Crippen LogP contribution in [0.4, 0.5) is 0 Å². The lowest BCUT2D eigenvalue weighted by atomic mass is 9.84. The molecule has 0 amide bonds. The van der Waals surface area contributed by atoms with Crippen molar-refractivity contribution in [3.05, 3.63) is 22.5 Å². The molecule has 1 saturated carbocycles. The average Bonchev–Trinajstić information content (AvgIpc) is 2.94. The van der Waals surface area contributed by atoms with Gasteiger partial charge in [-0.05, 0) is 41.1 Å². The second kappa shape index (κ2) is 8.03. The van der Waals surface area contributed by atoms with Gasteiger partial charge >= 0.3 is 0 Å². The number of allylic oxidation sites excluding steroid dienone is 2. The molecule has 0 spiro atoms. The molecule has 2 nitrogen and oxygen atoms in total. The van der Waals surface area contributed by atoms with Crippen molar-refractivity contribution in [2.24, 2.45) is 11.8 Å². The van der Waals surface area contributed by atoms with E-state index in [4.69, 9.17) is 0 Å². The average molecular weight is 326 g/mol. The topological polar surface area (TPSA) is 23.5 Å². The van der Waals surface area contributed by atoms with E-state index in [0.717, 1.165) is 24.8 Å². The Morgan fingerprint density at radius 1 is 1.18 bits per heavy atom. The van der Waals surface area contributed by atoms with Crippen LogP contribution in [0.2, 0.25) is 0 Å². The minimum atomic E-state index is -1.10. The van der Waals surface area contributed by atoms with Crippen LogP contribution in [-0.4, -0.2) is 34.4 Å². The first kappa shape index (κ1) is 18.1. The lowest BCUT2D eigenvalue weighted by Crippen LogP contribution is -2.32. The van der Waals surface area contributed by atoms with Gasteiger partial charge in [-0.25, -0.2) is 0 Å². The Balaban J connectivity index is 2.22. The van der Waals surface area contributed by atoms with Crippen molar-refractivity contribution >= 4 is 10.2 Å². The van der Waals surface area contributed by atoms with Crippen LogP contribution in [0.3, 0.4) is 0 Å². The molecule has 3 heteroatoms. The monoisotopic (exact) mass is 325 g/mol. The van der Waals surface area contributed by atoms with Crippen molar-refractivity contribution in [2.45, 2.75) is 65.9 Å². The first-order chi connectivity index (χ1) is 10.5. The molecule has 2 aliphatic rings. The summed E-state index contributed by atoms with van der Waals surface area (Å²) in [6.07, 6.45) is 9.09. The highest BCUT2D eigenvalue weighted by Gasteiger charge is 2.33. The molecule has 0 radical (unpaired) electrons. The molecule has 1 fully saturated rings. The molecule has 0 bridgehead atoms. The Hall–Kier alpha value is -0.250. The van der Waals surface area contributed by atoms with Crippen molar-refractivity contribution in [3.63, 3.8) is 0 Å². The molecule has 2 unspecified atom stereocenters. The first-order valence-electron chi connectivity index (χ1n) is 9.16. The molecule has 22 heavy (non-hydrogen) atoms. The first-order valence-corrected chi connectivity index (χ1v) is 11.0. The maximum absolute atomic E-state index is 10.5. The third-order valence-corrected chi connectivity index (χ3v) is 8.95. The van der Waals surface area contributed by atoms with Gasteiger partial charge in [-0.15, -0.1) is 10.2 Å². The Morgan fingerprint density at radius 2 is 1.82 bits per heavy atom. The maximum Gasteiger partial charge on any atom is 0.0656 e. The molecule has 0 aromatic rings. The normalized spacial score (nSPS) is 30.6. The number of aliphatic hydroxyl groups excluding tert-OH is 1. The largest absolute Gasteiger partial charge is 0.392 e. The Kier molecular flexibility index (Phi) is 6.60. The van der Waals surface area contributed by atoms with Gasteiger partial charge in [0.25, 0.3) is 0 Å². The molecule has 128 valence electrons. The van der Waals surface area contributed by atoms with Crippen molar-refractivity contribution in [1.82, 2.24) is 4.31 Å². The number of aliphatic hydroxyl groups is 1. The molecule has 0 aromatic carbocycles. The van der Waals surface area contributed by atoms with Gasteiger partial charge in [0, 0.05) is 18.8 Å². The molecular weight excluding hydrogens is 290 g/mol. The standard InChI is InChI=1S/C19H35NOS/c1-5-20(6-2)22(15-19(21)16(3)4)13-12-18(14-22)17-10-8-7-9-11-17/h12-14,16-17,19,21H,5-11,15H2,1-4H3. The number of hydrogen-bond donors (Lipinski definition) is 1. The van der Waals surface area contributed by atoms with E-state index in [9.17, 15) is 5.11 Å². The number of hydrogen-bond acceptors (Lipinski definition) is 2. The second-order valence-electron chi connectivity index (χ2n) is 7.16. The molecule has 2 rings (SSSR count). The summed E-state index contributed by atoms with van der Waals surface area (Å²) in [5, 5.41) is 15.5. The van der Waals surface area contributed by atoms with E-state index in [1.807, 2.05) is 0 Å². The van der Waals surface area contributed by atoms with Gasteiger partial charge in [0.05, 0.1) is 6.10 Å². The van der Waals surface area contributed by atoms with Gasteiger partial charge in [-0.2, -0.15) is 0 Å². The van der Waals surface area contributed by atoms with E-state index in [1.54, 1.807) is 5.57 Å². The minimum absolute atomic E-state index is 0.206. The molecule has 1 N–H and O–H groups in total. The fourth-order valence-corrected chi connectivity index (χ4v) is 7.57. The molecule has 1 aliphatic heterocycles. The fourth-order valence-electron chi connectivity index (χ4n) is 3.72. The fraction of sp³-hybridized carbons (Fsp3) is 0.789. The zero-order chi connectivity index (χ0) is 16.2. The molecular formula is C19H35NOS. The summed E-state index contributed by atoms with van der Waals surface area (Å²) < 4.78 is 2.59. The maximum atomic E-state index is 10.5. The predicted octanol–water partition coefficient (Wildman–Crippen LogP) is 5.06.